The molecular formula is C13H18N2. The van der Waals surface area contributed by atoms with E-state index in [-0.39, 0.29) is 0 Å². The van der Waals surface area contributed by atoms with Crippen molar-refractivity contribution in [2.75, 3.05) is 0 Å². The molecule has 1 saturated carbocycles. The van der Waals surface area contributed by atoms with Gasteiger partial charge in [-0.2, -0.15) is 0 Å². The number of hydrogen-bond acceptors (Lipinski definition) is 2. The van der Waals surface area contributed by atoms with Gasteiger partial charge in [0.25, 0.3) is 0 Å². The van der Waals surface area contributed by atoms with Crippen molar-refractivity contribution in [2.24, 2.45) is 5.92 Å². The van der Waals surface area contributed by atoms with Crippen LogP contribution in [0.4, 0.5) is 0 Å². The fourth-order valence-corrected chi connectivity index (χ4v) is 2.64. The minimum Gasteiger partial charge on any atom is -0.254 e. The molecule has 1 aromatic rings. The minimum absolute atomic E-state index is 0.511. The van der Waals surface area contributed by atoms with Gasteiger partial charge >= 0.3 is 0 Å². The van der Waals surface area contributed by atoms with Crippen LogP contribution in [0.15, 0.2) is 30.3 Å². The molecule has 2 aliphatic rings. The van der Waals surface area contributed by atoms with E-state index in [0.29, 0.717) is 12.1 Å². The van der Waals surface area contributed by atoms with E-state index in [0.717, 1.165) is 5.92 Å². The molecule has 0 bridgehead atoms. The molecule has 2 N–H and O–H groups in total. The van der Waals surface area contributed by atoms with Crippen molar-refractivity contribution in [1.82, 2.24) is 10.9 Å². The van der Waals surface area contributed by atoms with Gasteiger partial charge in [0.05, 0.1) is 0 Å². The fourth-order valence-electron chi connectivity index (χ4n) is 2.64. The second-order valence-electron chi connectivity index (χ2n) is 4.79. The van der Waals surface area contributed by atoms with Gasteiger partial charge in [-0.1, -0.05) is 36.8 Å². The highest BCUT2D eigenvalue weighted by Crippen LogP contribution is 2.35. The summed E-state index contributed by atoms with van der Waals surface area (Å²) in [5, 5.41) is 0. The molecule has 1 saturated heterocycles. The Balaban J connectivity index is 1.65. The minimum atomic E-state index is 0.511. The molecule has 2 nitrogen and oxygen atoms in total. The maximum atomic E-state index is 3.46. The molecule has 0 aromatic heterocycles. The summed E-state index contributed by atoms with van der Waals surface area (Å²) in [6, 6.07) is 11.9. The first kappa shape index (κ1) is 9.37. The second kappa shape index (κ2) is 3.95. The SMILES string of the molecule is c1ccc(C2CC(C3CCC3)NN2)cc1. The van der Waals surface area contributed by atoms with Gasteiger partial charge in [-0.05, 0) is 30.7 Å². The molecule has 1 aliphatic heterocycles. The zero-order chi connectivity index (χ0) is 10.1. The lowest BCUT2D eigenvalue weighted by Gasteiger charge is -2.30. The Hall–Kier alpha value is -0.860. The normalized spacial score (nSPS) is 31.5. The highest BCUT2D eigenvalue weighted by molar-refractivity contribution is 5.20. The Kier molecular flexibility index (Phi) is 2.47. The maximum absolute atomic E-state index is 3.46. The van der Waals surface area contributed by atoms with Crippen LogP contribution in [-0.2, 0) is 0 Å². The molecule has 3 rings (SSSR count). The molecule has 2 unspecified atom stereocenters. The zero-order valence-corrected chi connectivity index (χ0v) is 8.95. The predicted octanol–water partition coefficient (Wildman–Crippen LogP) is 2.39. The topological polar surface area (TPSA) is 24.1 Å². The third-order valence-corrected chi connectivity index (χ3v) is 3.85. The van der Waals surface area contributed by atoms with Crippen LogP contribution in [0.2, 0.25) is 0 Å². The molecule has 80 valence electrons. The Morgan fingerprint density at radius 3 is 2.47 bits per heavy atom. The highest BCUT2D eigenvalue weighted by Gasteiger charge is 2.33. The predicted molar refractivity (Wildman–Crippen MR) is 61.2 cm³/mol. The molecule has 1 aliphatic carbocycles. The van der Waals surface area contributed by atoms with Crippen LogP contribution in [0.25, 0.3) is 0 Å². The summed E-state index contributed by atoms with van der Waals surface area (Å²) in [5.74, 6) is 0.922. The molecule has 1 heterocycles. The summed E-state index contributed by atoms with van der Waals surface area (Å²) in [5.41, 5.74) is 8.29. The average molecular weight is 202 g/mol. The van der Waals surface area contributed by atoms with Gasteiger partial charge in [-0.3, -0.25) is 10.9 Å². The lowest BCUT2D eigenvalue weighted by molar-refractivity contribution is 0.240. The van der Waals surface area contributed by atoms with Crippen LogP contribution in [0.3, 0.4) is 0 Å². The molecule has 0 amide bonds. The van der Waals surface area contributed by atoms with Gasteiger partial charge < -0.3 is 0 Å². The van der Waals surface area contributed by atoms with Gasteiger partial charge in [-0.15, -0.1) is 0 Å². The lowest BCUT2D eigenvalue weighted by atomic mass is 9.78. The van der Waals surface area contributed by atoms with Gasteiger partial charge in [0.1, 0.15) is 0 Å². The molecule has 0 spiro atoms. The monoisotopic (exact) mass is 202 g/mol. The van der Waals surface area contributed by atoms with E-state index < -0.39 is 0 Å². The third kappa shape index (κ3) is 1.80. The zero-order valence-electron chi connectivity index (χ0n) is 8.95. The van der Waals surface area contributed by atoms with Crippen molar-refractivity contribution in [1.29, 1.82) is 0 Å². The van der Waals surface area contributed by atoms with Gasteiger partial charge in [0.2, 0.25) is 0 Å². The van der Waals surface area contributed by atoms with E-state index in [2.05, 4.69) is 41.2 Å². The van der Waals surface area contributed by atoms with E-state index in [1.807, 2.05) is 0 Å². The molecule has 1 aromatic carbocycles. The Morgan fingerprint density at radius 1 is 1.00 bits per heavy atom. The Labute approximate surface area is 91.0 Å². The third-order valence-electron chi connectivity index (χ3n) is 3.85. The van der Waals surface area contributed by atoms with Crippen LogP contribution in [0.1, 0.15) is 37.3 Å². The molecule has 2 atom stereocenters. The number of benzene rings is 1. The molecule has 0 radical (unpaired) electrons. The molecule has 2 fully saturated rings. The van der Waals surface area contributed by atoms with Crippen LogP contribution in [-0.4, -0.2) is 6.04 Å². The lowest BCUT2D eigenvalue weighted by Crippen LogP contribution is -2.38. The maximum Gasteiger partial charge on any atom is 0.0477 e. The number of hydrogen-bond donors (Lipinski definition) is 2. The second-order valence-corrected chi connectivity index (χ2v) is 4.79. The first-order valence-electron chi connectivity index (χ1n) is 5.99. The van der Waals surface area contributed by atoms with Gasteiger partial charge in [-0.25, -0.2) is 0 Å². The Bertz CT molecular complexity index is 319. The summed E-state index contributed by atoms with van der Waals surface area (Å²) in [6.07, 6.45) is 5.51. The first-order chi connectivity index (χ1) is 7.43. The summed E-state index contributed by atoms with van der Waals surface area (Å²) in [7, 11) is 0. The quantitative estimate of drug-likeness (QED) is 0.769. The standard InChI is InChI=1S/C13H18N2/c1-2-5-10(6-3-1)12-9-13(15-14-12)11-7-4-8-11/h1-3,5-6,11-15H,4,7-9H2. The summed E-state index contributed by atoms with van der Waals surface area (Å²) in [6.45, 7) is 0. The van der Waals surface area contributed by atoms with Gasteiger partial charge in [0, 0.05) is 12.1 Å². The number of nitrogens with one attached hydrogen (secondary N) is 2. The van der Waals surface area contributed by atoms with Crippen molar-refractivity contribution in [3.63, 3.8) is 0 Å². The first-order valence-corrected chi connectivity index (χ1v) is 5.99. The largest absolute Gasteiger partial charge is 0.254 e. The number of hydrazine groups is 1. The van der Waals surface area contributed by atoms with E-state index in [9.17, 15) is 0 Å². The van der Waals surface area contributed by atoms with Crippen molar-refractivity contribution in [2.45, 2.75) is 37.8 Å². The molecule has 2 heteroatoms. The van der Waals surface area contributed by atoms with Crippen LogP contribution < -0.4 is 10.9 Å². The van der Waals surface area contributed by atoms with Crippen LogP contribution in [0.5, 0.6) is 0 Å². The molecule has 15 heavy (non-hydrogen) atoms. The smallest absolute Gasteiger partial charge is 0.0477 e. The van der Waals surface area contributed by atoms with Gasteiger partial charge in [0.15, 0.2) is 0 Å². The van der Waals surface area contributed by atoms with Crippen LogP contribution >= 0.6 is 0 Å². The van der Waals surface area contributed by atoms with Crippen molar-refractivity contribution in [3.05, 3.63) is 35.9 Å². The summed E-state index contributed by atoms with van der Waals surface area (Å²) >= 11 is 0. The highest BCUT2D eigenvalue weighted by atomic mass is 15.4. The van der Waals surface area contributed by atoms with E-state index >= 15 is 0 Å². The Morgan fingerprint density at radius 2 is 1.80 bits per heavy atom. The van der Waals surface area contributed by atoms with E-state index in [1.165, 1.54) is 31.2 Å². The number of rotatable bonds is 2. The van der Waals surface area contributed by atoms with Crippen LogP contribution in [0, 0.1) is 5.92 Å². The van der Waals surface area contributed by atoms with Crippen molar-refractivity contribution in [3.8, 4) is 0 Å². The fraction of sp³-hybridized carbons (Fsp3) is 0.538. The van der Waals surface area contributed by atoms with E-state index in [1.54, 1.807) is 0 Å². The van der Waals surface area contributed by atoms with Crippen molar-refractivity contribution >= 4 is 0 Å². The average Bonchev–Trinajstić information content (AvgIpc) is 2.66. The van der Waals surface area contributed by atoms with E-state index in [4.69, 9.17) is 0 Å². The summed E-state index contributed by atoms with van der Waals surface area (Å²) in [4.78, 5) is 0. The summed E-state index contributed by atoms with van der Waals surface area (Å²) < 4.78 is 0. The van der Waals surface area contributed by atoms with Crippen molar-refractivity contribution < 1.29 is 0 Å². The molecular weight excluding hydrogens is 184 g/mol.